The number of rotatable bonds is 5. The number of thioether (sulfide) groups is 1. The fraction of sp³-hybridized carbons (Fsp3) is 0.450. The van der Waals surface area contributed by atoms with Gasteiger partial charge in [-0.1, -0.05) is 11.6 Å². The van der Waals surface area contributed by atoms with Crippen LogP contribution in [-0.4, -0.2) is 79.9 Å². The van der Waals surface area contributed by atoms with Crippen LogP contribution in [0.5, 0.6) is 0 Å². The van der Waals surface area contributed by atoms with Crippen molar-refractivity contribution in [2.24, 2.45) is 0 Å². The lowest BCUT2D eigenvalue weighted by atomic mass is 10.2. The Morgan fingerprint density at radius 3 is 2.32 bits per heavy atom. The average Bonchev–Trinajstić information content (AvgIpc) is 2.80. The van der Waals surface area contributed by atoms with Gasteiger partial charge in [0, 0.05) is 37.4 Å². The molecule has 2 aliphatic rings. The predicted octanol–water partition coefficient (Wildman–Crippen LogP) is 2.72. The summed E-state index contributed by atoms with van der Waals surface area (Å²) in [5, 5.41) is 5.11. The van der Waals surface area contributed by atoms with Crippen molar-refractivity contribution in [3.05, 3.63) is 29.4 Å². The molecule has 2 aromatic rings. The van der Waals surface area contributed by atoms with Gasteiger partial charge in [-0.2, -0.15) is 0 Å². The predicted molar refractivity (Wildman–Crippen MR) is 122 cm³/mol. The van der Waals surface area contributed by atoms with E-state index >= 15 is 0 Å². The molecule has 2 amide bonds. The molecule has 4 rings (SSSR count). The van der Waals surface area contributed by atoms with E-state index in [1.807, 2.05) is 35.5 Å². The summed E-state index contributed by atoms with van der Waals surface area (Å²) in [7, 11) is 0. The molecule has 1 aromatic heterocycles. The second kappa shape index (κ2) is 10.5. The molecule has 0 saturated carbocycles. The molecule has 2 N–H and O–H groups in total. The van der Waals surface area contributed by atoms with Gasteiger partial charge in [-0.25, -0.2) is 19.8 Å². The molecule has 0 atom stereocenters. The SMILES string of the molecule is CSc1c(Cl)nc(-c2ccc(NC(=O)NN3CCOCC3)cc2)nc1N1CCOCC1. The number of carbonyl (C=O) groups is 1. The molecule has 2 saturated heterocycles. The summed E-state index contributed by atoms with van der Waals surface area (Å²) in [6.45, 7) is 5.42. The highest BCUT2D eigenvalue weighted by Crippen LogP contribution is 2.35. The fourth-order valence-corrected chi connectivity index (χ4v) is 4.35. The Morgan fingerprint density at radius 1 is 1.03 bits per heavy atom. The number of hydrogen-bond donors (Lipinski definition) is 2. The van der Waals surface area contributed by atoms with Crippen LogP contribution in [0.2, 0.25) is 5.15 Å². The van der Waals surface area contributed by atoms with Gasteiger partial charge in [0.15, 0.2) is 5.82 Å². The minimum Gasteiger partial charge on any atom is -0.379 e. The van der Waals surface area contributed by atoms with Crippen LogP contribution in [0.25, 0.3) is 11.4 Å². The minimum atomic E-state index is -0.284. The number of urea groups is 1. The van der Waals surface area contributed by atoms with E-state index in [4.69, 9.17) is 26.1 Å². The normalized spacial score (nSPS) is 17.4. The zero-order chi connectivity index (χ0) is 21.6. The molecule has 11 heteroatoms. The Balaban J connectivity index is 1.48. The van der Waals surface area contributed by atoms with Crippen LogP contribution >= 0.6 is 23.4 Å². The van der Waals surface area contributed by atoms with E-state index in [1.165, 1.54) is 11.8 Å². The highest BCUT2D eigenvalue weighted by Gasteiger charge is 2.21. The molecule has 0 unspecified atom stereocenters. The molecule has 0 spiro atoms. The maximum absolute atomic E-state index is 12.2. The minimum absolute atomic E-state index is 0.284. The number of carbonyl (C=O) groups excluding carboxylic acids is 1. The summed E-state index contributed by atoms with van der Waals surface area (Å²) in [6.07, 6.45) is 1.97. The lowest BCUT2D eigenvalue weighted by Gasteiger charge is -2.29. The van der Waals surface area contributed by atoms with Crippen LogP contribution in [0.15, 0.2) is 29.2 Å². The number of hydrogen-bond acceptors (Lipinski definition) is 8. The van der Waals surface area contributed by atoms with Gasteiger partial charge in [0.25, 0.3) is 0 Å². The van der Waals surface area contributed by atoms with Gasteiger partial charge < -0.3 is 19.7 Å². The lowest BCUT2D eigenvalue weighted by Crippen LogP contribution is -2.49. The zero-order valence-electron chi connectivity index (χ0n) is 17.3. The summed E-state index contributed by atoms with van der Waals surface area (Å²) in [4.78, 5) is 24.5. The molecular formula is C20H25ClN6O3S. The van der Waals surface area contributed by atoms with E-state index in [0.717, 1.165) is 29.4 Å². The number of aromatic nitrogens is 2. The third-order valence-corrected chi connectivity index (χ3v) is 6.16. The first-order chi connectivity index (χ1) is 15.1. The number of benzene rings is 1. The Hall–Kier alpha value is -2.11. The van der Waals surface area contributed by atoms with Gasteiger partial charge in [-0.3, -0.25) is 5.43 Å². The molecule has 31 heavy (non-hydrogen) atoms. The summed E-state index contributed by atoms with van der Waals surface area (Å²) in [6, 6.07) is 7.11. The molecule has 1 aromatic carbocycles. The van der Waals surface area contributed by atoms with Crippen molar-refractivity contribution >= 4 is 40.9 Å². The maximum Gasteiger partial charge on any atom is 0.333 e. The van der Waals surface area contributed by atoms with E-state index < -0.39 is 0 Å². The number of anilines is 2. The second-order valence-corrected chi connectivity index (χ2v) is 8.21. The quantitative estimate of drug-likeness (QED) is 0.515. The third-order valence-electron chi connectivity index (χ3n) is 4.99. The average molecular weight is 465 g/mol. The topological polar surface area (TPSA) is 91.9 Å². The van der Waals surface area contributed by atoms with Crippen molar-refractivity contribution in [2.45, 2.75) is 4.90 Å². The van der Waals surface area contributed by atoms with Crippen molar-refractivity contribution in [1.29, 1.82) is 0 Å². The number of ether oxygens (including phenoxy) is 2. The Labute approximate surface area is 190 Å². The standard InChI is InChI=1S/C20H25ClN6O3S/c1-31-16-17(21)23-18(24-19(16)26-6-10-29-11-7-26)14-2-4-15(5-3-14)22-20(28)25-27-8-12-30-13-9-27/h2-5H,6-13H2,1H3,(H2,22,25,28). The highest BCUT2D eigenvalue weighted by molar-refractivity contribution is 7.98. The Bertz CT molecular complexity index is 905. The van der Waals surface area contributed by atoms with Gasteiger partial charge in [-0.15, -0.1) is 11.8 Å². The molecule has 9 nitrogen and oxygen atoms in total. The van der Waals surface area contributed by atoms with Gasteiger partial charge >= 0.3 is 6.03 Å². The van der Waals surface area contributed by atoms with Gasteiger partial charge in [-0.05, 0) is 30.5 Å². The summed E-state index contributed by atoms with van der Waals surface area (Å²) < 4.78 is 10.7. The molecule has 166 valence electrons. The Kier molecular flexibility index (Phi) is 7.46. The van der Waals surface area contributed by atoms with Crippen molar-refractivity contribution in [2.75, 3.05) is 69.1 Å². The molecular weight excluding hydrogens is 440 g/mol. The van der Waals surface area contributed by atoms with Crippen molar-refractivity contribution < 1.29 is 14.3 Å². The van der Waals surface area contributed by atoms with Gasteiger partial charge in [0.2, 0.25) is 0 Å². The van der Waals surface area contributed by atoms with Crippen LogP contribution in [-0.2, 0) is 9.47 Å². The maximum atomic E-state index is 12.2. The third kappa shape index (κ3) is 5.58. The number of nitrogens with zero attached hydrogens (tertiary/aromatic N) is 4. The lowest BCUT2D eigenvalue weighted by molar-refractivity contribution is 0.0207. The number of amides is 2. The van der Waals surface area contributed by atoms with Crippen LogP contribution in [0.4, 0.5) is 16.3 Å². The molecule has 0 radical (unpaired) electrons. The first kappa shape index (κ1) is 22.1. The number of morpholine rings is 2. The van der Waals surface area contributed by atoms with E-state index in [0.29, 0.717) is 56.2 Å². The van der Waals surface area contributed by atoms with Crippen LogP contribution in [0.3, 0.4) is 0 Å². The summed E-state index contributed by atoms with van der Waals surface area (Å²) in [5.41, 5.74) is 4.32. The summed E-state index contributed by atoms with van der Waals surface area (Å²) >= 11 is 8.03. The first-order valence-electron chi connectivity index (χ1n) is 10.1. The fourth-order valence-electron chi connectivity index (χ4n) is 3.39. The van der Waals surface area contributed by atoms with Gasteiger partial charge in [0.1, 0.15) is 11.0 Å². The van der Waals surface area contributed by atoms with E-state index in [9.17, 15) is 4.79 Å². The number of hydrazine groups is 1. The van der Waals surface area contributed by atoms with Crippen molar-refractivity contribution in [3.8, 4) is 11.4 Å². The van der Waals surface area contributed by atoms with Crippen LogP contribution < -0.4 is 15.6 Å². The largest absolute Gasteiger partial charge is 0.379 e. The molecule has 2 fully saturated rings. The van der Waals surface area contributed by atoms with Crippen molar-refractivity contribution in [3.63, 3.8) is 0 Å². The van der Waals surface area contributed by atoms with Crippen LogP contribution in [0.1, 0.15) is 0 Å². The zero-order valence-corrected chi connectivity index (χ0v) is 18.8. The molecule has 3 heterocycles. The van der Waals surface area contributed by atoms with E-state index in [2.05, 4.69) is 20.6 Å². The van der Waals surface area contributed by atoms with E-state index in [1.54, 1.807) is 0 Å². The smallest absolute Gasteiger partial charge is 0.333 e. The molecule has 0 aliphatic carbocycles. The van der Waals surface area contributed by atoms with Crippen LogP contribution in [0, 0.1) is 0 Å². The number of nitrogens with one attached hydrogen (secondary N) is 2. The first-order valence-corrected chi connectivity index (χ1v) is 11.7. The van der Waals surface area contributed by atoms with Gasteiger partial charge in [0.05, 0.1) is 31.3 Å². The monoisotopic (exact) mass is 464 g/mol. The molecule has 2 aliphatic heterocycles. The molecule has 0 bridgehead atoms. The summed E-state index contributed by atoms with van der Waals surface area (Å²) in [5.74, 6) is 1.38. The van der Waals surface area contributed by atoms with E-state index in [-0.39, 0.29) is 6.03 Å². The second-order valence-electron chi connectivity index (χ2n) is 7.04. The highest BCUT2D eigenvalue weighted by atomic mass is 35.5. The number of halogens is 1. The van der Waals surface area contributed by atoms with Crippen molar-refractivity contribution in [1.82, 2.24) is 20.4 Å². The Morgan fingerprint density at radius 2 is 1.68 bits per heavy atom.